The van der Waals surface area contributed by atoms with Gasteiger partial charge in [0, 0.05) is 6.20 Å². The molecule has 21 heavy (non-hydrogen) atoms. The van der Waals surface area contributed by atoms with E-state index in [1.54, 1.807) is 0 Å². The lowest BCUT2D eigenvalue weighted by Crippen LogP contribution is -2.15. The van der Waals surface area contributed by atoms with Crippen LogP contribution in [0.3, 0.4) is 0 Å². The monoisotopic (exact) mass is 278 g/mol. The smallest absolute Gasteiger partial charge is 0.413 e. The number of pyridine rings is 1. The summed E-state index contributed by atoms with van der Waals surface area (Å²) >= 11 is 0. The number of benzene rings is 1. The third-order valence-electron chi connectivity index (χ3n) is 2.57. The molecular weight excluding hydrogens is 268 g/mol. The molecule has 0 aliphatic rings. The Kier molecular flexibility index (Phi) is 4.47. The lowest BCUT2D eigenvalue weighted by Gasteiger charge is -2.07. The third-order valence-corrected chi connectivity index (χ3v) is 2.57. The Bertz CT molecular complexity index is 730. The van der Waals surface area contributed by atoms with Gasteiger partial charge in [0.25, 0.3) is 0 Å². The van der Waals surface area contributed by atoms with Gasteiger partial charge >= 0.3 is 6.09 Å². The highest BCUT2D eigenvalue weighted by Crippen LogP contribution is 2.13. The van der Waals surface area contributed by atoms with Crippen molar-refractivity contribution in [1.82, 2.24) is 4.98 Å². The van der Waals surface area contributed by atoms with Gasteiger partial charge in [-0.3, -0.25) is 5.32 Å². The van der Waals surface area contributed by atoms with E-state index in [9.17, 15) is 4.79 Å². The number of hydrogen-bond acceptors (Lipinski definition) is 5. The molecule has 1 aromatic heterocycles. The summed E-state index contributed by atoms with van der Waals surface area (Å²) in [5, 5.41) is 20.1. The van der Waals surface area contributed by atoms with Gasteiger partial charge in [-0.1, -0.05) is 30.3 Å². The van der Waals surface area contributed by atoms with Gasteiger partial charge in [-0.15, -0.1) is 0 Å². The van der Waals surface area contributed by atoms with Crippen LogP contribution in [0.4, 0.5) is 10.6 Å². The summed E-state index contributed by atoms with van der Waals surface area (Å²) in [6.45, 7) is 0.116. The molecule has 1 aromatic carbocycles. The summed E-state index contributed by atoms with van der Waals surface area (Å²) < 4.78 is 5.02. The fraction of sp³-hybridized carbons (Fsp3) is 0.0667. The van der Waals surface area contributed by atoms with Crippen molar-refractivity contribution in [2.24, 2.45) is 0 Å². The van der Waals surface area contributed by atoms with E-state index in [0.29, 0.717) is 0 Å². The predicted octanol–water partition coefficient (Wildman–Crippen LogP) is 2.57. The topological polar surface area (TPSA) is 98.8 Å². The SMILES string of the molecule is N#Cc1cnc(NC(=O)OCc2ccccc2)c(C#N)c1. The summed E-state index contributed by atoms with van der Waals surface area (Å²) in [7, 11) is 0. The van der Waals surface area contributed by atoms with Crippen LogP contribution in [0.15, 0.2) is 42.6 Å². The second-order valence-corrected chi connectivity index (χ2v) is 4.03. The number of aromatic nitrogens is 1. The molecule has 6 nitrogen and oxygen atoms in total. The first kappa shape index (κ1) is 14.0. The van der Waals surface area contributed by atoms with E-state index in [1.807, 2.05) is 42.5 Å². The number of anilines is 1. The molecule has 0 saturated heterocycles. The van der Waals surface area contributed by atoms with Crippen molar-refractivity contribution in [3.8, 4) is 12.1 Å². The molecule has 0 saturated carbocycles. The van der Waals surface area contributed by atoms with Crippen LogP contribution in [0.2, 0.25) is 0 Å². The zero-order valence-corrected chi connectivity index (χ0v) is 10.9. The van der Waals surface area contributed by atoms with Crippen molar-refractivity contribution in [3.05, 3.63) is 59.3 Å². The van der Waals surface area contributed by atoms with E-state index in [-0.39, 0.29) is 23.6 Å². The highest BCUT2D eigenvalue weighted by Gasteiger charge is 2.10. The van der Waals surface area contributed by atoms with E-state index in [2.05, 4.69) is 10.3 Å². The Morgan fingerprint density at radius 1 is 1.24 bits per heavy atom. The number of nitrogens with one attached hydrogen (secondary N) is 1. The molecule has 2 aromatic rings. The first-order chi connectivity index (χ1) is 10.2. The predicted molar refractivity (Wildman–Crippen MR) is 73.9 cm³/mol. The Morgan fingerprint density at radius 3 is 2.67 bits per heavy atom. The molecule has 0 atom stereocenters. The lowest BCUT2D eigenvalue weighted by molar-refractivity contribution is 0.155. The summed E-state index contributed by atoms with van der Waals surface area (Å²) in [6, 6.07) is 14.3. The van der Waals surface area contributed by atoms with Crippen LogP contribution in [0.1, 0.15) is 16.7 Å². The van der Waals surface area contributed by atoms with E-state index in [1.165, 1.54) is 12.3 Å². The normalized spacial score (nSPS) is 9.24. The quantitative estimate of drug-likeness (QED) is 0.930. The number of rotatable bonds is 3. The van der Waals surface area contributed by atoms with Crippen molar-refractivity contribution in [1.29, 1.82) is 10.5 Å². The number of amides is 1. The van der Waals surface area contributed by atoms with Crippen molar-refractivity contribution in [3.63, 3.8) is 0 Å². The lowest BCUT2D eigenvalue weighted by atomic mass is 10.2. The number of nitriles is 2. The Balaban J connectivity index is 2.00. The molecule has 6 heteroatoms. The van der Waals surface area contributed by atoms with Gasteiger partial charge in [0.2, 0.25) is 0 Å². The molecule has 0 aliphatic carbocycles. The first-order valence-corrected chi connectivity index (χ1v) is 6.01. The average molecular weight is 278 g/mol. The van der Waals surface area contributed by atoms with Gasteiger partial charge in [-0.25, -0.2) is 9.78 Å². The van der Waals surface area contributed by atoms with E-state index in [4.69, 9.17) is 15.3 Å². The zero-order valence-electron chi connectivity index (χ0n) is 10.9. The summed E-state index contributed by atoms with van der Waals surface area (Å²) in [5.74, 6) is 0.0644. The van der Waals surface area contributed by atoms with Crippen LogP contribution < -0.4 is 5.32 Å². The molecule has 2 rings (SSSR count). The van der Waals surface area contributed by atoms with Crippen LogP contribution in [0.5, 0.6) is 0 Å². The van der Waals surface area contributed by atoms with Crippen molar-refractivity contribution >= 4 is 11.9 Å². The van der Waals surface area contributed by atoms with E-state index < -0.39 is 6.09 Å². The fourth-order valence-electron chi connectivity index (χ4n) is 1.57. The number of hydrogen-bond donors (Lipinski definition) is 1. The Morgan fingerprint density at radius 2 is 2.00 bits per heavy atom. The van der Waals surface area contributed by atoms with Crippen LogP contribution in [0, 0.1) is 22.7 Å². The maximum absolute atomic E-state index is 11.7. The molecule has 1 N–H and O–H groups in total. The van der Waals surface area contributed by atoms with Gasteiger partial charge in [0.1, 0.15) is 18.7 Å². The molecule has 0 spiro atoms. The minimum Gasteiger partial charge on any atom is -0.444 e. The maximum Gasteiger partial charge on any atom is 0.413 e. The van der Waals surface area contributed by atoms with Gasteiger partial charge in [-0.05, 0) is 11.6 Å². The number of ether oxygens (including phenoxy) is 1. The highest BCUT2D eigenvalue weighted by atomic mass is 16.5. The van der Waals surface area contributed by atoms with Crippen LogP contribution in [-0.2, 0) is 11.3 Å². The summed E-state index contributed by atoms with van der Waals surface area (Å²) in [6.07, 6.45) is 0.556. The molecule has 0 radical (unpaired) electrons. The zero-order chi connectivity index (χ0) is 15.1. The minimum absolute atomic E-state index is 0.0644. The van der Waals surface area contributed by atoms with Crippen molar-refractivity contribution < 1.29 is 9.53 Å². The van der Waals surface area contributed by atoms with Gasteiger partial charge < -0.3 is 4.74 Å². The van der Waals surface area contributed by atoms with E-state index >= 15 is 0 Å². The highest BCUT2D eigenvalue weighted by molar-refractivity contribution is 5.85. The first-order valence-electron chi connectivity index (χ1n) is 6.01. The molecule has 1 heterocycles. The minimum atomic E-state index is -0.715. The van der Waals surface area contributed by atoms with E-state index in [0.717, 1.165) is 5.56 Å². The van der Waals surface area contributed by atoms with Gasteiger partial charge in [0.05, 0.1) is 11.1 Å². The average Bonchev–Trinajstić information content (AvgIpc) is 2.54. The van der Waals surface area contributed by atoms with Crippen molar-refractivity contribution in [2.75, 3.05) is 5.32 Å². The molecule has 0 aliphatic heterocycles. The number of carbonyl (C=O) groups excluding carboxylic acids is 1. The molecule has 0 unspecified atom stereocenters. The second-order valence-electron chi connectivity index (χ2n) is 4.03. The second kappa shape index (κ2) is 6.69. The molecule has 0 fully saturated rings. The Hall–Kier alpha value is -3.38. The summed E-state index contributed by atoms with van der Waals surface area (Å²) in [5.41, 5.74) is 1.20. The number of nitrogens with zero attached hydrogens (tertiary/aromatic N) is 3. The molecular formula is C15H10N4O2. The number of carbonyl (C=O) groups is 1. The summed E-state index contributed by atoms with van der Waals surface area (Å²) in [4.78, 5) is 15.5. The molecule has 102 valence electrons. The fourth-order valence-corrected chi connectivity index (χ4v) is 1.57. The largest absolute Gasteiger partial charge is 0.444 e. The molecule has 1 amide bonds. The van der Waals surface area contributed by atoms with Crippen LogP contribution >= 0.6 is 0 Å². The van der Waals surface area contributed by atoms with Gasteiger partial charge in [-0.2, -0.15) is 10.5 Å². The van der Waals surface area contributed by atoms with Crippen LogP contribution in [-0.4, -0.2) is 11.1 Å². The van der Waals surface area contributed by atoms with Crippen molar-refractivity contribution in [2.45, 2.75) is 6.61 Å². The maximum atomic E-state index is 11.7. The third kappa shape index (κ3) is 3.79. The Labute approximate surface area is 121 Å². The van der Waals surface area contributed by atoms with Crippen LogP contribution in [0.25, 0.3) is 0 Å². The standard InChI is InChI=1S/C15H10N4O2/c16-7-12-6-13(8-17)14(18-9-12)19-15(20)21-10-11-4-2-1-3-5-11/h1-6,9H,10H2,(H,18,19,20). The molecule has 0 bridgehead atoms. The van der Waals surface area contributed by atoms with Gasteiger partial charge in [0.15, 0.2) is 5.82 Å².